The van der Waals surface area contributed by atoms with Gasteiger partial charge in [-0.1, -0.05) is 17.7 Å². The standard InChI is InChI=1S/C24H18ClFN2O4/c1-14(22(29)10-15-3-6-19(21(26)9-15)24(31)32-2)28-8-7-16(11-23(28)30)20-12-18(25)5-4-17(20)13-27/h3-9,11-12,14H,10H2,1-2H3. The summed E-state index contributed by atoms with van der Waals surface area (Å²) in [6, 6.07) is 12.8. The number of ether oxygens (including phenoxy) is 1. The lowest BCUT2D eigenvalue weighted by Crippen LogP contribution is -2.28. The number of Topliss-reactive ketones (excluding diaryl/α,β-unsaturated/α-hetero) is 1. The third kappa shape index (κ3) is 4.76. The van der Waals surface area contributed by atoms with Crippen molar-refractivity contribution in [3.63, 3.8) is 0 Å². The first kappa shape index (κ1) is 22.9. The van der Waals surface area contributed by atoms with E-state index in [9.17, 15) is 24.0 Å². The number of rotatable bonds is 6. The van der Waals surface area contributed by atoms with E-state index in [4.69, 9.17) is 11.6 Å². The zero-order chi connectivity index (χ0) is 23.4. The number of hydrogen-bond donors (Lipinski definition) is 0. The number of pyridine rings is 1. The maximum atomic E-state index is 14.1. The number of nitrogens with zero attached hydrogens (tertiary/aromatic N) is 2. The van der Waals surface area contributed by atoms with E-state index in [1.54, 1.807) is 31.2 Å². The molecule has 3 rings (SSSR count). The molecule has 0 saturated carbocycles. The van der Waals surface area contributed by atoms with E-state index in [0.717, 1.165) is 13.2 Å². The molecule has 1 atom stereocenters. The van der Waals surface area contributed by atoms with Crippen LogP contribution in [-0.4, -0.2) is 23.4 Å². The van der Waals surface area contributed by atoms with E-state index in [1.807, 2.05) is 0 Å². The van der Waals surface area contributed by atoms with Gasteiger partial charge in [0.2, 0.25) is 0 Å². The second-order valence-electron chi connectivity index (χ2n) is 7.09. The summed E-state index contributed by atoms with van der Waals surface area (Å²) >= 11 is 6.02. The first-order chi connectivity index (χ1) is 15.2. The lowest BCUT2D eigenvalue weighted by molar-refractivity contribution is -0.121. The Balaban J connectivity index is 1.83. The van der Waals surface area contributed by atoms with Gasteiger partial charge in [-0.2, -0.15) is 5.26 Å². The number of methoxy groups -OCH3 is 1. The molecule has 1 heterocycles. The minimum absolute atomic E-state index is 0.124. The average Bonchev–Trinajstić information content (AvgIpc) is 2.78. The average molecular weight is 453 g/mol. The van der Waals surface area contributed by atoms with Crippen molar-refractivity contribution in [3.05, 3.63) is 92.6 Å². The number of hydrogen-bond acceptors (Lipinski definition) is 5. The fourth-order valence-corrected chi connectivity index (χ4v) is 3.45. The monoisotopic (exact) mass is 452 g/mol. The molecule has 0 N–H and O–H groups in total. The summed E-state index contributed by atoms with van der Waals surface area (Å²) in [5.41, 5.74) is 1.11. The molecule has 1 aromatic heterocycles. The highest BCUT2D eigenvalue weighted by Gasteiger charge is 2.19. The summed E-state index contributed by atoms with van der Waals surface area (Å²) < 4.78 is 19.9. The van der Waals surface area contributed by atoms with E-state index in [1.165, 1.54) is 29.0 Å². The molecular weight excluding hydrogens is 435 g/mol. The predicted octanol–water partition coefficient (Wildman–Crippen LogP) is 4.34. The van der Waals surface area contributed by atoms with Crippen molar-refractivity contribution in [1.82, 2.24) is 4.57 Å². The van der Waals surface area contributed by atoms with Crippen molar-refractivity contribution in [3.8, 4) is 17.2 Å². The highest BCUT2D eigenvalue weighted by Crippen LogP contribution is 2.26. The van der Waals surface area contributed by atoms with E-state index in [-0.39, 0.29) is 17.8 Å². The quantitative estimate of drug-likeness (QED) is 0.519. The van der Waals surface area contributed by atoms with Crippen molar-refractivity contribution in [2.24, 2.45) is 0 Å². The summed E-state index contributed by atoms with van der Waals surface area (Å²) in [5, 5.41) is 9.73. The lowest BCUT2D eigenvalue weighted by atomic mass is 10.0. The van der Waals surface area contributed by atoms with Crippen LogP contribution in [0.4, 0.5) is 4.39 Å². The molecule has 0 aliphatic carbocycles. The Kier molecular flexibility index (Phi) is 6.86. The van der Waals surface area contributed by atoms with Gasteiger partial charge in [-0.15, -0.1) is 0 Å². The summed E-state index contributed by atoms with van der Waals surface area (Å²) in [6.07, 6.45) is 1.35. The molecule has 0 saturated heterocycles. The minimum atomic E-state index is -0.810. The van der Waals surface area contributed by atoms with Gasteiger partial charge in [0.25, 0.3) is 5.56 Å². The van der Waals surface area contributed by atoms with Gasteiger partial charge in [-0.25, -0.2) is 9.18 Å². The van der Waals surface area contributed by atoms with Gasteiger partial charge in [0, 0.05) is 29.3 Å². The summed E-state index contributed by atoms with van der Waals surface area (Å²) in [5.74, 6) is -1.91. The van der Waals surface area contributed by atoms with Gasteiger partial charge < -0.3 is 9.30 Å². The van der Waals surface area contributed by atoms with Crippen LogP contribution in [0.1, 0.15) is 34.5 Å². The van der Waals surface area contributed by atoms with Crippen LogP contribution in [0.15, 0.2) is 59.5 Å². The van der Waals surface area contributed by atoms with Crippen molar-refractivity contribution in [1.29, 1.82) is 5.26 Å². The van der Waals surface area contributed by atoms with Crippen molar-refractivity contribution in [2.75, 3.05) is 7.11 Å². The maximum absolute atomic E-state index is 14.1. The van der Waals surface area contributed by atoms with Crippen LogP contribution in [0.2, 0.25) is 5.02 Å². The fraction of sp³-hybridized carbons (Fsp3) is 0.167. The van der Waals surface area contributed by atoms with Crippen LogP contribution in [-0.2, 0) is 16.0 Å². The summed E-state index contributed by atoms with van der Waals surface area (Å²) in [6.45, 7) is 1.57. The molecule has 2 aromatic carbocycles. The number of benzene rings is 2. The molecule has 0 fully saturated rings. The second kappa shape index (κ2) is 9.58. The van der Waals surface area contributed by atoms with Crippen LogP contribution >= 0.6 is 11.6 Å². The Hall–Kier alpha value is -3.76. The van der Waals surface area contributed by atoms with E-state index in [2.05, 4.69) is 10.8 Å². The SMILES string of the molecule is COC(=O)c1ccc(CC(=O)C(C)n2ccc(-c3cc(Cl)ccc3C#N)cc2=O)cc1F. The Morgan fingerprint density at radius 3 is 2.56 bits per heavy atom. The van der Waals surface area contributed by atoms with Crippen molar-refractivity contribution in [2.45, 2.75) is 19.4 Å². The molecule has 8 heteroatoms. The number of carbonyl (C=O) groups excluding carboxylic acids is 2. The van der Waals surface area contributed by atoms with Crippen LogP contribution in [0.25, 0.3) is 11.1 Å². The number of esters is 1. The molecule has 6 nitrogen and oxygen atoms in total. The molecular formula is C24H18ClFN2O4. The molecule has 1 unspecified atom stereocenters. The molecule has 0 radical (unpaired) electrons. The molecule has 0 aliphatic rings. The van der Waals surface area contributed by atoms with Crippen LogP contribution in [0, 0.1) is 17.1 Å². The van der Waals surface area contributed by atoms with Gasteiger partial charge in [0.05, 0.1) is 30.3 Å². The first-order valence-electron chi connectivity index (χ1n) is 9.56. The minimum Gasteiger partial charge on any atom is -0.465 e. The Morgan fingerprint density at radius 2 is 1.94 bits per heavy atom. The van der Waals surface area contributed by atoms with E-state index >= 15 is 0 Å². The maximum Gasteiger partial charge on any atom is 0.340 e. The highest BCUT2D eigenvalue weighted by atomic mass is 35.5. The summed E-state index contributed by atoms with van der Waals surface area (Å²) in [4.78, 5) is 36.9. The Morgan fingerprint density at radius 1 is 1.19 bits per heavy atom. The topological polar surface area (TPSA) is 89.2 Å². The molecule has 3 aromatic rings. The van der Waals surface area contributed by atoms with Crippen LogP contribution in [0.5, 0.6) is 0 Å². The van der Waals surface area contributed by atoms with Crippen molar-refractivity contribution >= 4 is 23.4 Å². The molecule has 0 amide bonds. The largest absolute Gasteiger partial charge is 0.465 e. The van der Waals surface area contributed by atoms with Gasteiger partial charge in [0.1, 0.15) is 5.82 Å². The number of halogens is 2. The van der Waals surface area contributed by atoms with Gasteiger partial charge in [0.15, 0.2) is 5.78 Å². The number of ketones is 1. The molecule has 0 spiro atoms. The van der Waals surface area contributed by atoms with Gasteiger partial charge in [-0.05, 0) is 54.4 Å². The zero-order valence-electron chi connectivity index (χ0n) is 17.3. The van der Waals surface area contributed by atoms with E-state index < -0.39 is 23.4 Å². The molecule has 0 aliphatic heterocycles. The second-order valence-corrected chi connectivity index (χ2v) is 7.52. The number of aromatic nitrogens is 1. The predicted molar refractivity (Wildman–Crippen MR) is 117 cm³/mol. The Labute approximate surface area is 188 Å². The normalized spacial score (nSPS) is 11.5. The van der Waals surface area contributed by atoms with Gasteiger partial charge >= 0.3 is 5.97 Å². The Bertz CT molecular complexity index is 1310. The lowest BCUT2D eigenvalue weighted by Gasteiger charge is -2.15. The highest BCUT2D eigenvalue weighted by molar-refractivity contribution is 6.30. The van der Waals surface area contributed by atoms with Crippen LogP contribution < -0.4 is 5.56 Å². The third-order valence-electron chi connectivity index (χ3n) is 5.06. The van der Waals surface area contributed by atoms with Crippen LogP contribution in [0.3, 0.4) is 0 Å². The van der Waals surface area contributed by atoms with E-state index in [0.29, 0.717) is 27.3 Å². The smallest absolute Gasteiger partial charge is 0.340 e. The third-order valence-corrected chi connectivity index (χ3v) is 5.30. The summed E-state index contributed by atoms with van der Waals surface area (Å²) in [7, 11) is 1.15. The number of nitriles is 1. The molecule has 32 heavy (non-hydrogen) atoms. The zero-order valence-corrected chi connectivity index (χ0v) is 18.0. The van der Waals surface area contributed by atoms with Gasteiger partial charge in [-0.3, -0.25) is 9.59 Å². The van der Waals surface area contributed by atoms with Crippen molar-refractivity contribution < 1.29 is 18.7 Å². The first-order valence-corrected chi connectivity index (χ1v) is 9.94. The molecule has 162 valence electrons. The fourth-order valence-electron chi connectivity index (χ4n) is 3.28. The number of carbonyl (C=O) groups is 2. The molecule has 0 bridgehead atoms.